The lowest BCUT2D eigenvalue weighted by atomic mass is 9.87. The fraction of sp³-hybridized carbons (Fsp3) is 0.435. The highest BCUT2D eigenvalue weighted by atomic mass is 16.1. The lowest BCUT2D eigenvalue weighted by Crippen LogP contribution is -2.43. The molecule has 1 aliphatic carbocycles. The highest BCUT2D eigenvalue weighted by Gasteiger charge is 2.22. The van der Waals surface area contributed by atoms with Crippen LogP contribution in [0.3, 0.4) is 0 Å². The van der Waals surface area contributed by atoms with Crippen LogP contribution in [0.25, 0.3) is 0 Å². The van der Waals surface area contributed by atoms with Gasteiger partial charge in [0.25, 0.3) is 5.91 Å². The summed E-state index contributed by atoms with van der Waals surface area (Å²) >= 11 is 0. The van der Waals surface area contributed by atoms with Crippen molar-refractivity contribution in [3.63, 3.8) is 0 Å². The normalized spacial score (nSPS) is 20.5. The van der Waals surface area contributed by atoms with Crippen molar-refractivity contribution in [3.8, 4) is 0 Å². The van der Waals surface area contributed by atoms with E-state index in [-0.39, 0.29) is 11.9 Å². The predicted molar refractivity (Wildman–Crippen MR) is 113 cm³/mol. The molecule has 0 bridgehead atoms. The molecule has 0 radical (unpaired) electrons. The molecule has 3 N–H and O–H groups in total. The van der Waals surface area contributed by atoms with Crippen molar-refractivity contribution < 1.29 is 4.79 Å². The third-order valence-electron chi connectivity index (χ3n) is 6.00. The summed E-state index contributed by atoms with van der Waals surface area (Å²) in [4.78, 5) is 17.6. The third-order valence-corrected chi connectivity index (χ3v) is 6.00. The fourth-order valence-electron chi connectivity index (χ4n) is 4.25. The van der Waals surface area contributed by atoms with Crippen molar-refractivity contribution in [2.45, 2.75) is 31.8 Å². The molecule has 1 heterocycles. The third kappa shape index (κ3) is 4.37. The summed E-state index contributed by atoms with van der Waals surface area (Å²) in [7, 11) is 2.17. The molecule has 5 nitrogen and oxygen atoms in total. The van der Waals surface area contributed by atoms with E-state index in [1.54, 1.807) is 0 Å². The molecule has 1 fully saturated rings. The molecule has 1 unspecified atom stereocenters. The molecular formula is C23H30N4O. The number of rotatable bonds is 4. The first-order valence-electron chi connectivity index (χ1n) is 10.3. The molecule has 1 aliphatic heterocycles. The Morgan fingerprint density at radius 3 is 2.61 bits per heavy atom. The predicted octanol–water partition coefficient (Wildman–Crippen LogP) is 2.82. The summed E-state index contributed by atoms with van der Waals surface area (Å²) in [6.07, 6.45) is 3.09. The van der Waals surface area contributed by atoms with Crippen LogP contribution in [0, 0.1) is 0 Å². The fourth-order valence-corrected chi connectivity index (χ4v) is 4.25. The molecule has 0 aromatic heterocycles. The van der Waals surface area contributed by atoms with Crippen LogP contribution in [-0.2, 0) is 13.0 Å². The van der Waals surface area contributed by atoms with Crippen LogP contribution in [0.15, 0.2) is 42.5 Å². The van der Waals surface area contributed by atoms with Crippen LogP contribution in [0.1, 0.15) is 45.9 Å². The maximum atomic E-state index is 12.8. The number of carbonyl (C=O) groups excluding carboxylic acids is 1. The Labute approximate surface area is 167 Å². The van der Waals surface area contributed by atoms with E-state index < -0.39 is 0 Å². The minimum Gasteiger partial charge on any atom is -0.399 e. The quantitative estimate of drug-likeness (QED) is 0.803. The average molecular weight is 379 g/mol. The summed E-state index contributed by atoms with van der Waals surface area (Å²) in [6.45, 7) is 5.39. The minimum atomic E-state index is 0.000761. The van der Waals surface area contributed by atoms with Gasteiger partial charge >= 0.3 is 0 Å². The number of hydrogen-bond acceptors (Lipinski definition) is 4. The molecule has 5 heteroatoms. The first kappa shape index (κ1) is 19.0. The highest BCUT2D eigenvalue weighted by molar-refractivity contribution is 5.94. The van der Waals surface area contributed by atoms with Gasteiger partial charge < -0.3 is 16.0 Å². The number of likely N-dealkylation sites (N-methyl/N-ethyl adjacent to an activating group) is 1. The smallest absolute Gasteiger partial charge is 0.251 e. The van der Waals surface area contributed by atoms with Gasteiger partial charge in [0.2, 0.25) is 0 Å². The summed E-state index contributed by atoms with van der Waals surface area (Å²) in [5.41, 5.74) is 11.2. The number of nitrogen functional groups attached to an aromatic ring is 1. The summed E-state index contributed by atoms with van der Waals surface area (Å²) in [5, 5.41) is 3.22. The van der Waals surface area contributed by atoms with Crippen LogP contribution in [0.2, 0.25) is 0 Å². The first-order valence-corrected chi connectivity index (χ1v) is 10.3. The largest absolute Gasteiger partial charge is 0.399 e. The monoisotopic (exact) mass is 378 g/mol. The Hall–Kier alpha value is -2.37. The van der Waals surface area contributed by atoms with Gasteiger partial charge in [0.15, 0.2) is 0 Å². The average Bonchev–Trinajstić information content (AvgIpc) is 2.70. The summed E-state index contributed by atoms with van der Waals surface area (Å²) in [6, 6.07) is 14.2. The number of hydrogen-bond donors (Lipinski definition) is 2. The van der Waals surface area contributed by atoms with E-state index in [2.05, 4.69) is 40.4 Å². The molecule has 2 aromatic carbocycles. The SMILES string of the molecule is CN1CCN(Cc2ccc(C(=O)NC3CCCc4cc(N)ccc43)cc2)CC1. The second kappa shape index (κ2) is 8.33. The van der Waals surface area contributed by atoms with Gasteiger partial charge in [-0.1, -0.05) is 18.2 Å². The van der Waals surface area contributed by atoms with E-state index in [9.17, 15) is 4.79 Å². The lowest BCUT2D eigenvalue weighted by Gasteiger charge is -2.32. The zero-order valence-corrected chi connectivity index (χ0v) is 16.7. The van der Waals surface area contributed by atoms with Crippen LogP contribution in [0.5, 0.6) is 0 Å². The van der Waals surface area contributed by atoms with Gasteiger partial charge in [0, 0.05) is 44.0 Å². The number of nitrogens with zero attached hydrogens (tertiary/aromatic N) is 2. The zero-order valence-electron chi connectivity index (χ0n) is 16.7. The van der Waals surface area contributed by atoms with Gasteiger partial charge in [-0.15, -0.1) is 0 Å². The number of carbonyl (C=O) groups is 1. The molecule has 28 heavy (non-hydrogen) atoms. The molecule has 2 aromatic rings. The topological polar surface area (TPSA) is 61.6 Å². The second-order valence-electron chi connectivity index (χ2n) is 8.15. The van der Waals surface area contributed by atoms with Crippen LogP contribution >= 0.6 is 0 Å². The first-order chi connectivity index (χ1) is 13.6. The van der Waals surface area contributed by atoms with E-state index in [1.807, 2.05) is 24.3 Å². The molecule has 148 valence electrons. The van der Waals surface area contributed by atoms with Crippen LogP contribution in [0.4, 0.5) is 5.69 Å². The Balaban J connectivity index is 1.38. The molecular weight excluding hydrogens is 348 g/mol. The standard InChI is InChI=1S/C23H30N4O/c1-26-11-13-27(14-12-26)16-17-5-7-18(8-6-17)23(28)25-22-4-2-3-19-15-20(24)9-10-21(19)22/h5-10,15,22H,2-4,11-14,16,24H2,1H3,(H,25,28). The van der Waals surface area contributed by atoms with Crippen molar-refractivity contribution in [3.05, 3.63) is 64.7 Å². The molecule has 0 saturated carbocycles. The molecule has 2 aliphatic rings. The maximum absolute atomic E-state index is 12.8. The number of piperazine rings is 1. The number of fused-ring (bicyclic) bond motifs is 1. The molecule has 0 spiro atoms. The number of nitrogens with two attached hydrogens (primary N) is 1. The minimum absolute atomic E-state index is 0.000761. The van der Waals surface area contributed by atoms with Gasteiger partial charge in [0.05, 0.1) is 6.04 Å². The Morgan fingerprint density at radius 1 is 1.11 bits per heavy atom. The van der Waals surface area contributed by atoms with E-state index in [4.69, 9.17) is 5.73 Å². The number of anilines is 1. The van der Waals surface area contributed by atoms with E-state index in [0.717, 1.165) is 63.2 Å². The van der Waals surface area contributed by atoms with Crippen LogP contribution in [-0.4, -0.2) is 48.9 Å². The maximum Gasteiger partial charge on any atom is 0.251 e. The highest BCUT2D eigenvalue weighted by Crippen LogP contribution is 2.31. The van der Waals surface area contributed by atoms with Crippen molar-refractivity contribution in [1.82, 2.24) is 15.1 Å². The van der Waals surface area contributed by atoms with E-state index >= 15 is 0 Å². The zero-order chi connectivity index (χ0) is 19.5. The summed E-state index contributed by atoms with van der Waals surface area (Å²) in [5.74, 6) is 0.000761. The van der Waals surface area contributed by atoms with Gasteiger partial charge in [-0.05, 0) is 67.3 Å². The molecule has 1 atom stereocenters. The van der Waals surface area contributed by atoms with Gasteiger partial charge in [-0.2, -0.15) is 0 Å². The van der Waals surface area contributed by atoms with Crippen molar-refractivity contribution in [2.75, 3.05) is 39.0 Å². The van der Waals surface area contributed by atoms with Crippen molar-refractivity contribution in [2.24, 2.45) is 0 Å². The number of benzene rings is 2. The number of aryl methyl sites for hydroxylation is 1. The van der Waals surface area contributed by atoms with Crippen LogP contribution < -0.4 is 11.1 Å². The lowest BCUT2D eigenvalue weighted by molar-refractivity contribution is 0.0932. The van der Waals surface area contributed by atoms with Gasteiger partial charge in [-0.25, -0.2) is 0 Å². The molecule has 4 rings (SSSR count). The number of amides is 1. The van der Waals surface area contributed by atoms with E-state index in [0.29, 0.717) is 0 Å². The molecule has 1 amide bonds. The Kier molecular flexibility index (Phi) is 5.64. The Bertz CT molecular complexity index is 825. The van der Waals surface area contributed by atoms with Crippen molar-refractivity contribution >= 4 is 11.6 Å². The molecule has 1 saturated heterocycles. The van der Waals surface area contributed by atoms with Gasteiger partial charge in [0.1, 0.15) is 0 Å². The number of nitrogens with one attached hydrogen (secondary N) is 1. The van der Waals surface area contributed by atoms with Crippen molar-refractivity contribution in [1.29, 1.82) is 0 Å². The Morgan fingerprint density at radius 2 is 1.86 bits per heavy atom. The second-order valence-corrected chi connectivity index (χ2v) is 8.15. The summed E-state index contributed by atoms with van der Waals surface area (Å²) < 4.78 is 0. The van der Waals surface area contributed by atoms with Gasteiger partial charge in [-0.3, -0.25) is 9.69 Å². The van der Waals surface area contributed by atoms with E-state index in [1.165, 1.54) is 16.7 Å².